The van der Waals surface area contributed by atoms with Crippen molar-refractivity contribution < 1.29 is 9.53 Å². The van der Waals surface area contributed by atoms with E-state index in [1.165, 1.54) is 18.4 Å². The molecule has 4 aromatic heterocycles. The number of carbonyl (C=O) groups excluding carboxylic acids is 1. The van der Waals surface area contributed by atoms with Gasteiger partial charge in [0, 0.05) is 12.4 Å². The fourth-order valence-corrected chi connectivity index (χ4v) is 3.52. The maximum Gasteiger partial charge on any atom is 0.348 e. The van der Waals surface area contributed by atoms with E-state index in [2.05, 4.69) is 20.3 Å². The van der Waals surface area contributed by atoms with Gasteiger partial charge in [0.1, 0.15) is 10.5 Å². The summed E-state index contributed by atoms with van der Waals surface area (Å²) in [6, 6.07) is 11.2. The van der Waals surface area contributed by atoms with E-state index >= 15 is 0 Å². The summed E-state index contributed by atoms with van der Waals surface area (Å²) in [4.78, 5) is 25.5. The molecule has 0 aliphatic carbocycles. The van der Waals surface area contributed by atoms with Crippen molar-refractivity contribution in [1.29, 1.82) is 0 Å². The number of methoxy groups -OCH3 is 1. The van der Waals surface area contributed by atoms with Gasteiger partial charge in [-0.05, 0) is 37.3 Å². The molecule has 0 radical (unpaired) electrons. The van der Waals surface area contributed by atoms with Crippen molar-refractivity contribution in [3.63, 3.8) is 0 Å². The number of carbonyl (C=O) groups is 1. The first kappa shape index (κ1) is 16.2. The predicted octanol–water partition coefficient (Wildman–Crippen LogP) is 3.69. The van der Waals surface area contributed by atoms with E-state index in [4.69, 9.17) is 4.74 Å². The molecule has 0 saturated carbocycles. The number of imidazole rings is 1. The number of fused-ring (bicyclic) bond motifs is 1. The molecule has 0 aliphatic heterocycles. The van der Waals surface area contributed by atoms with Crippen molar-refractivity contribution in [3.05, 3.63) is 59.4 Å². The summed E-state index contributed by atoms with van der Waals surface area (Å²) >= 11 is 1.29. The molecule has 130 valence electrons. The predicted molar refractivity (Wildman–Crippen MR) is 99.9 cm³/mol. The van der Waals surface area contributed by atoms with E-state index in [-0.39, 0.29) is 5.97 Å². The first-order valence-electron chi connectivity index (χ1n) is 7.88. The lowest BCUT2D eigenvalue weighted by molar-refractivity contribution is 0.0606. The van der Waals surface area contributed by atoms with Crippen molar-refractivity contribution in [2.45, 2.75) is 6.92 Å². The maximum absolute atomic E-state index is 11.6. The average Bonchev–Trinajstić information content (AvgIpc) is 3.24. The van der Waals surface area contributed by atoms with Gasteiger partial charge in [0.15, 0.2) is 0 Å². The average molecular weight is 365 g/mol. The van der Waals surface area contributed by atoms with Crippen molar-refractivity contribution in [1.82, 2.24) is 19.4 Å². The number of ether oxygens (including phenoxy) is 1. The van der Waals surface area contributed by atoms with E-state index in [1.54, 1.807) is 18.3 Å². The summed E-state index contributed by atoms with van der Waals surface area (Å²) in [6.07, 6.45) is 3.66. The van der Waals surface area contributed by atoms with Gasteiger partial charge in [-0.1, -0.05) is 6.07 Å². The molecule has 4 heterocycles. The molecule has 0 aliphatic rings. The second-order valence-corrected chi connectivity index (χ2v) is 6.60. The van der Waals surface area contributed by atoms with Crippen molar-refractivity contribution in [2.24, 2.45) is 0 Å². The zero-order valence-corrected chi connectivity index (χ0v) is 14.9. The SMILES string of the molecule is COC(=O)c1ccc(Nc2nccc(-c3c(C)nc4ccccn34)n2)s1. The van der Waals surface area contributed by atoms with Crippen LogP contribution in [0.2, 0.25) is 0 Å². The van der Waals surface area contributed by atoms with Crippen LogP contribution in [0.3, 0.4) is 0 Å². The highest BCUT2D eigenvalue weighted by atomic mass is 32.1. The molecule has 0 atom stereocenters. The number of hydrogen-bond donors (Lipinski definition) is 1. The lowest BCUT2D eigenvalue weighted by Crippen LogP contribution is -1.99. The first-order chi connectivity index (χ1) is 12.7. The van der Waals surface area contributed by atoms with Gasteiger partial charge in [-0.15, -0.1) is 11.3 Å². The summed E-state index contributed by atoms with van der Waals surface area (Å²) in [7, 11) is 1.36. The van der Waals surface area contributed by atoms with E-state index < -0.39 is 0 Å². The van der Waals surface area contributed by atoms with Crippen molar-refractivity contribution in [3.8, 4) is 11.4 Å². The van der Waals surface area contributed by atoms with Crippen LogP contribution in [-0.4, -0.2) is 32.4 Å². The Morgan fingerprint density at radius 3 is 2.92 bits per heavy atom. The number of nitrogens with one attached hydrogen (secondary N) is 1. The van der Waals surface area contributed by atoms with Crippen LogP contribution in [0, 0.1) is 6.92 Å². The van der Waals surface area contributed by atoms with Crippen LogP contribution in [0.15, 0.2) is 48.8 Å². The Morgan fingerprint density at radius 1 is 1.19 bits per heavy atom. The smallest absolute Gasteiger partial charge is 0.348 e. The van der Waals surface area contributed by atoms with Gasteiger partial charge in [-0.2, -0.15) is 0 Å². The minimum absolute atomic E-state index is 0.362. The van der Waals surface area contributed by atoms with Crippen LogP contribution in [0.5, 0.6) is 0 Å². The number of pyridine rings is 1. The third-order valence-electron chi connectivity index (χ3n) is 3.83. The molecule has 0 fully saturated rings. The molecule has 0 spiro atoms. The Hall–Kier alpha value is -3.26. The molecular weight excluding hydrogens is 350 g/mol. The second kappa shape index (κ2) is 6.57. The molecule has 8 heteroatoms. The fourth-order valence-electron chi connectivity index (χ4n) is 2.70. The van der Waals surface area contributed by atoms with E-state index in [0.717, 1.165) is 27.7 Å². The third kappa shape index (κ3) is 2.91. The largest absolute Gasteiger partial charge is 0.465 e. The molecule has 4 rings (SSSR count). The monoisotopic (exact) mass is 365 g/mol. The van der Waals surface area contributed by atoms with E-state index in [0.29, 0.717) is 10.8 Å². The topological polar surface area (TPSA) is 81.4 Å². The Morgan fingerprint density at radius 2 is 2.08 bits per heavy atom. The Kier molecular flexibility index (Phi) is 4.10. The summed E-state index contributed by atoms with van der Waals surface area (Å²) < 4.78 is 6.73. The molecule has 0 unspecified atom stereocenters. The van der Waals surface area contributed by atoms with Crippen LogP contribution >= 0.6 is 11.3 Å². The lowest BCUT2D eigenvalue weighted by Gasteiger charge is -2.06. The quantitative estimate of drug-likeness (QED) is 0.556. The highest BCUT2D eigenvalue weighted by molar-refractivity contribution is 7.17. The fraction of sp³-hybridized carbons (Fsp3) is 0.111. The Labute approximate surface area is 153 Å². The lowest BCUT2D eigenvalue weighted by atomic mass is 10.2. The molecule has 1 N–H and O–H groups in total. The van der Waals surface area contributed by atoms with Gasteiger partial charge in [0.05, 0.1) is 29.2 Å². The standard InChI is InChI=1S/C18H15N5O2S/c1-11-16(23-10-4-3-5-14(23)20-11)12-8-9-19-18(21-12)22-15-7-6-13(26-15)17(24)25-2/h3-10H,1-2H3,(H,19,21,22). The molecule has 0 aromatic carbocycles. The second-order valence-electron chi connectivity index (χ2n) is 5.52. The minimum atomic E-state index is -0.362. The molecule has 0 amide bonds. The van der Waals surface area contributed by atoms with Gasteiger partial charge in [0.2, 0.25) is 5.95 Å². The van der Waals surface area contributed by atoms with Gasteiger partial charge < -0.3 is 10.1 Å². The molecular formula is C18H15N5O2S. The van der Waals surface area contributed by atoms with Crippen LogP contribution in [0.25, 0.3) is 17.0 Å². The summed E-state index contributed by atoms with van der Waals surface area (Å²) in [5.41, 5.74) is 3.45. The van der Waals surface area contributed by atoms with E-state index in [1.807, 2.05) is 41.8 Å². The number of anilines is 2. The van der Waals surface area contributed by atoms with Gasteiger partial charge >= 0.3 is 5.97 Å². The van der Waals surface area contributed by atoms with Gasteiger partial charge in [-0.3, -0.25) is 4.40 Å². The maximum atomic E-state index is 11.6. The molecule has 26 heavy (non-hydrogen) atoms. The Balaban J connectivity index is 1.67. The number of nitrogens with zero attached hydrogens (tertiary/aromatic N) is 4. The number of esters is 1. The first-order valence-corrected chi connectivity index (χ1v) is 8.69. The molecule has 0 saturated heterocycles. The summed E-state index contributed by atoms with van der Waals surface area (Å²) in [6.45, 7) is 1.96. The number of aromatic nitrogens is 4. The number of thiophene rings is 1. The highest BCUT2D eigenvalue weighted by Gasteiger charge is 2.14. The molecule has 0 bridgehead atoms. The van der Waals surface area contributed by atoms with Crippen LogP contribution < -0.4 is 5.32 Å². The Bertz CT molecular complexity index is 1100. The summed E-state index contributed by atoms with van der Waals surface area (Å²) in [5, 5.41) is 3.89. The summed E-state index contributed by atoms with van der Waals surface area (Å²) in [5.74, 6) is 0.0881. The van der Waals surface area contributed by atoms with Gasteiger partial charge in [-0.25, -0.2) is 19.7 Å². The number of hydrogen-bond acceptors (Lipinski definition) is 7. The molecule has 7 nitrogen and oxygen atoms in total. The zero-order valence-electron chi connectivity index (χ0n) is 14.1. The number of rotatable bonds is 4. The minimum Gasteiger partial charge on any atom is -0.465 e. The van der Waals surface area contributed by atoms with Crippen molar-refractivity contribution >= 4 is 33.9 Å². The molecule has 4 aromatic rings. The normalized spacial score (nSPS) is 10.8. The highest BCUT2D eigenvalue weighted by Crippen LogP contribution is 2.27. The third-order valence-corrected chi connectivity index (χ3v) is 4.81. The number of aryl methyl sites for hydroxylation is 1. The van der Waals surface area contributed by atoms with Crippen LogP contribution in [0.1, 0.15) is 15.4 Å². The zero-order chi connectivity index (χ0) is 18.1. The van der Waals surface area contributed by atoms with Gasteiger partial charge in [0.25, 0.3) is 0 Å². The van der Waals surface area contributed by atoms with Crippen LogP contribution in [-0.2, 0) is 4.74 Å². The van der Waals surface area contributed by atoms with E-state index in [9.17, 15) is 4.79 Å². The van der Waals surface area contributed by atoms with Crippen LogP contribution in [0.4, 0.5) is 10.9 Å². The van der Waals surface area contributed by atoms with Crippen molar-refractivity contribution in [2.75, 3.05) is 12.4 Å².